The Morgan fingerprint density at radius 3 is 2.11 bits per heavy atom. The molecule has 0 aromatic heterocycles. The number of aliphatic hydroxyl groups excluding tert-OH is 1. The largest absolute Gasteiger partial charge is 0.481 e. The standard InChI is InChI=1S/C43H72O11/c1-12-30(39(47)48)32-16-15-23(4)37(51-32)28(9)35(45)27(8)36(46)31(13-2)38-24(5)21-25(6)43(52-38)26(7)22-33(44)42(54-43)20-19-40(11,53-42)34-17-18-41(49,14-3)29(10)50-34/h23-32,34-35,37-38,45,49H,12-22H2,1-11H3,(H,47,48)/t23?,24-,25+,26?,27-,28-,29-,30+,31-,32+,34+,35+,37+,38-,40-,41+,42-,43+/m0/s1. The van der Waals surface area contributed by atoms with Gasteiger partial charge in [-0.3, -0.25) is 14.4 Å². The maximum Gasteiger partial charge on any atom is 0.309 e. The van der Waals surface area contributed by atoms with Crippen LogP contribution in [0.4, 0.5) is 0 Å². The van der Waals surface area contributed by atoms with Crippen molar-refractivity contribution in [3.8, 4) is 0 Å². The summed E-state index contributed by atoms with van der Waals surface area (Å²) in [6.07, 6.45) is 3.10. The summed E-state index contributed by atoms with van der Waals surface area (Å²) in [6.45, 7) is 21.6. The fraction of sp³-hybridized carbons (Fsp3) is 0.930. The van der Waals surface area contributed by atoms with Gasteiger partial charge < -0.3 is 39.0 Å². The molecule has 5 aliphatic rings. The fourth-order valence-corrected chi connectivity index (χ4v) is 11.1. The van der Waals surface area contributed by atoms with E-state index in [-0.39, 0.29) is 60.0 Å². The number of hydrogen-bond donors (Lipinski definition) is 3. The molecule has 0 amide bonds. The quantitative estimate of drug-likeness (QED) is 0.191. The third-order valence-corrected chi connectivity index (χ3v) is 15.1. The van der Waals surface area contributed by atoms with Gasteiger partial charge in [-0.2, -0.15) is 0 Å². The lowest BCUT2D eigenvalue weighted by Crippen LogP contribution is -2.66. The van der Waals surface area contributed by atoms with Crippen LogP contribution in [0.5, 0.6) is 0 Å². The average Bonchev–Trinajstić information content (AvgIpc) is 3.48. The number of rotatable bonds is 12. The molecular formula is C43H72O11. The van der Waals surface area contributed by atoms with Crippen LogP contribution in [0.15, 0.2) is 0 Å². The number of Topliss-reactive ketones (excluding diaryl/α,β-unsaturated/α-hetero) is 2. The van der Waals surface area contributed by atoms with Gasteiger partial charge in [0.2, 0.25) is 5.79 Å². The molecule has 5 heterocycles. The predicted molar refractivity (Wildman–Crippen MR) is 202 cm³/mol. The molecule has 5 aliphatic heterocycles. The van der Waals surface area contributed by atoms with Crippen LogP contribution in [0.1, 0.15) is 147 Å². The smallest absolute Gasteiger partial charge is 0.309 e. The minimum Gasteiger partial charge on any atom is -0.481 e. The van der Waals surface area contributed by atoms with E-state index in [2.05, 4.69) is 20.8 Å². The summed E-state index contributed by atoms with van der Waals surface area (Å²) in [5.74, 6) is -6.21. The summed E-state index contributed by atoms with van der Waals surface area (Å²) in [6, 6.07) is 0. The number of aliphatic hydroxyl groups is 2. The molecule has 18 atom stereocenters. The number of ketones is 2. The lowest BCUT2D eigenvalue weighted by Gasteiger charge is -2.57. The molecule has 5 fully saturated rings. The molecule has 0 aromatic rings. The summed E-state index contributed by atoms with van der Waals surface area (Å²) in [7, 11) is 0. The summed E-state index contributed by atoms with van der Waals surface area (Å²) in [4.78, 5) is 40.4. The van der Waals surface area contributed by atoms with Gasteiger partial charge in [0.05, 0.1) is 53.7 Å². The first kappa shape index (κ1) is 43.6. The number of carboxylic acids is 1. The van der Waals surface area contributed by atoms with Gasteiger partial charge in [0, 0.05) is 42.4 Å². The van der Waals surface area contributed by atoms with Gasteiger partial charge in [-0.05, 0) is 83.5 Å². The van der Waals surface area contributed by atoms with E-state index in [1.165, 1.54) is 0 Å². The Morgan fingerprint density at radius 2 is 1.52 bits per heavy atom. The highest BCUT2D eigenvalue weighted by Crippen LogP contribution is 2.56. The first-order chi connectivity index (χ1) is 25.2. The topological polar surface area (TPSA) is 158 Å². The summed E-state index contributed by atoms with van der Waals surface area (Å²) in [5.41, 5.74) is -1.68. The highest BCUT2D eigenvalue weighted by Gasteiger charge is 2.66. The van der Waals surface area contributed by atoms with Gasteiger partial charge >= 0.3 is 5.97 Å². The molecule has 54 heavy (non-hydrogen) atoms. The first-order valence-corrected chi connectivity index (χ1v) is 21.3. The Kier molecular flexibility index (Phi) is 13.3. The molecule has 0 bridgehead atoms. The van der Waals surface area contributed by atoms with Gasteiger partial charge in [0.1, 0.15) is 5.78 Å². The second-order valence-electron chi connectivity index (χ2n) is 18.6. The number of aliphatic carboxylic acids is 1. The van der Waals surface area contributed by atoms with Crippen molar-refractivity contribution in [3.63, 3.8) is 0 Å². The molecule has 2 unspecified atom stereocenters. The highest BCUT2D eigenvalue weighted by atomic mass is 16.8. The minimum absolute atomic E-state index is 0.0133. The Labute approximate surface area is 323 Å². The first-order valence-electron chi connectivity index (χ1n) is 21.3. The molecule has 5 rings (SSSR count). The van der Waals surface area contributed by atoms with Crippen molar-refractivity contribution in [2.24, 2.45) is 47.3 Å². The van der Waals surface area contributed by atoms with E-state index in [1.807, 2.05) is 48.5 Å². The van der Waals surface area contributed by atoms with Crippen molar-refractivity contribution < 1.29 is 53.4 Å². The van der Waals surface area contributed by atoms with Crippen molar-refractivity contribution >= 4 is 17.5 Å². The van der Waals surface area contributed by atoms with E-state index >= 15 is 0 Å². The molecule has 310 valence electrons. The third-order valence-electron chi connectivity index (χ3n) is 15.1. The van der Waals surface area contributed by atoms with E-state index < -0.39 is 70.7 Å². The number of carboxylic acid groups (broad SMARTS) is 1. The van der Waals surface area contributed by atoms with Gasteiger partial charge in [0.25, 0.3) is 0 Å². The van der Waals surface area contributed by atoms with Crippen LogP contribution in [-0.4, -0.2) is 92.3 Å². The van der Waals surface area contributed by atoms with Gasteiger partial charge in [-0.1, -0.05) is 62.3 Å². The monoisotopic (exact) mass is 765 g/mol. The molecular weight excluding hydrogens is 692 g/mol. The molecule has 11 nitrogen and oxygen atoms in total. The Morgan fingerprint density at radius 1 is 0.852 bits per heavy atom. The van der Waals surface area contributed by atoms with Crippen LogP contribution in [0.3, 0.4) is 0 Å². The summed E-state index contributed by atoms with van der Waals surface area (Å²) >= 11 is 0. The fourth-order valence-electron chi connectivity index (χ4n) is 11.1. The van der Waals surface area contributed by atoms with Gasteiger partial charge in [-0.15, -0.1) is 0 Å². The predicted octanol–water partition coefficient (Wildman–Crippen LogP) is 6.87. The Balaban J connectivity index is 1.33. The van der Waals surface area contributed by atoms with Gasteiger partial charge in [-0.25, -0.2) is 0 Å². The van der Waals surface area contributed by atoms with E-state index in [0.29, 0.717) is 51.4 Å². The Bertz CT molecular complexity index is 1360. The van der Waals surface area contributed by atoms with Crippen LogP contribution < -0.4 is 0 Å². The second-order valence-corrected chi connectivity index (χ2v) is 18.6. The van der Waals surface area contributed by atoms with Crippen molar-refractivity contribution in [2.75, 3.05) is 0 Å². The molecule has 0 aromatic carbocycles. The molecule has 0 saturated carbocycles. The molecule has 0 aliphatic carbocycles. The average molecular weight is 765 g/mol. The van der Waals surface area contributed by atoms with Crippen LogP contribution in [-0.2, 0) is 38.1 Å². The van der Waals surface area contributed by atoms with Crippen molar-refractivity contribution in [1.29, 1.82) is 0 Å². The van der Waals surface area contributed by atoms with Crippen LogP contribution in [0, 0.1) is 47.3 Å². The molecule has 11 heteroatoms. The normalized spacial score (nSPS) is 45.9. The number of hydrogen-bond acceptors (Lipinski definition) is 10. The zero-order chi connectivity index (χ0) is 40.1. The second kappa shape index (κ2) is 16.4. The van der Waals surface area contributed by atoms with Crippen molar-refractivity contribution in [2.45, 2.75) is 206 Å². The third kappa shape index (κ3) is 7.74. The number of carbonyl (C=O) groups is 3. The maximum atomic E-state index is 14.5. The molecule has 0 radical (unpaired) electrons. The number of carbonyl (C=O) groups excluding carboxylic acids is 2. The lowest BCUT2D eigenvalue weighted by molar-refractivity contribution is -0.419. The van der Waals surface area contributed by atoms with Crippen LogP contribution >= 0.6 is 0 Å². The summed E-state index contributed by atoms with van der Waals surface area (Å²) in [5, 5.41) is 32.6. The molecule has 3 N–H and O–H groups in total. The van der Waals surface area contributed by atoms with Crippen molar-refractivity contribution in [3.05, 3.63) is 0 Å². The maximum absolute atomic E-state index is 14.5. The van der Waals surface area contributed by atoms with E-state index in [4.69, 9.17) is 23.7 Å². The zero-order valence-corrected chi connectivity index (χ0v) is 35.0. The summed E-state index contributed by atoms with van der Waals surface area (Å²) < 4.78 is 33.8. The SMILES string of the molecule is CC[C@@H](C(=O)[C@@H](C)[C@@H](O)[C@H](C)[C@@H]1O[C@@H]([C@@H](CC)C(=O)O)CCC1C)[C@H]1O[C@@]2(O[C@@]3(CC[C@@](C)([C@H]4CC[C@](O)(CC)[C@H](C)O4)O3)C(=O)CC2C)[C@H](C)C[C@@H]1C. The zero-order valence-electron chi connectivity index (χ0n) is 35.0. The van der Waals surface area contributed by atoms with E-state index in [0.717, 1.165) is 12.8 Å². The Hall–Kier alpha value is -1.47. The van der Waals surface area contributed by atoms with Gasteiger partial charge in [0.15, 0.2) is 11.6 Å². The molecule has 5 saturated heterocycles. The minimum atomic E-state index is -1.50. The van der Waals surface area contributed by atoms with Crippen LogP contribution in [0.2, 0.25) is 0 Å². The number of ether oxygens (including phenoxy) is 5. The van der Waals surface area contributed by atoms with E-state index in [9.17, 15) is 29.7 Å². The highest BCUT2D eigenvalue weighted by molar-refractivity contribution is 5.87. The lowest BCUT2D eigenvalue weighted by atomic mass is 9.70. The van der Waals surface area contributed by atoms with Crippen LogP contribution in [0.25, 0.3) is 0 Å². The van der Waals surface area contributed by atoms with E-state index in [1.54, 1.807) is 6.92 Å². The molecule has 2 spiro atoms. The van der Waals surface area contributed by atoms with Crippen molar-refractivity contribution in [1.82, 2.24) is 0 Å².